The van der Waals surface area contributed by atoms with Crippen LogP contribution in [0.25, 0.3) is 0 Å². The van der Waals surface area contributed by atoms with Gasteiger partial charge in [-0.3, -0.25) is 0 Å². The Morgan fingerprint density at radius 3 is 2.40 bits per heavy atom. The molecular weight excluding hydrogens is 332 g/mol. The van der Waals surface area contributed by atoms with Crippen LogP contribution in [-0.2, 0) is 12.8 Å². The molecule has 0 radical (unpaired) electrons. The number of halogens is 2. The standard InChI is InChI=1S/C18H20BrCl/c1-4-13-7-9-14(5-2)16(10-13)18(20)15-8-6-12(3)17(19)11-15/h6-11,18H,4-5H2,1-3H3. The van der Waals surface area contributed by atoms with Crippen molar-refractivity contribution in [2.45, 2.75) is 39.0 Å². The molecule has 2 aromatic carbocycles. The predicted molar refractivity (Wildman–Crippen MR) is 91.8 cm³/mol. The molecule has 1 unspecified atom stereocenters. The van der Waals surface area contributed by atoms with Gasteiger partial charge in [-0.1, -0.05) is 60.1 Å². The molecule has 0 aromatic heterocycles. The van der Waals surface area contributed by atoms with E-state index in [-0.39, 0.29) is 5.38 Å². The Kier molecular flexibility index (Phi) is 5.29. The normalized spacial score (nSPS) is 12.4. The van der Waals surface area contributed by atoms with Gasteiger partial charge in [0.1, 0.15) is 0 Å². The number of benzene rings is 2. The van der Waals surface area contributed by atoms with E-state index >= 15 is 0 Å². The van der Waals surface area contributed by atoms with Crippen molar-refractivity contribution in [2.75, 3.05) is 0 Å². The van der Waals surface area contributed by atoms with E-state index in [9.17, 15) is 0 Å². The van der Waals surface area contributed by atoms with Crippen LogP contribution in [0.3, 0.4) is 0 Å². The summed E-state index contributed by atoms with van der Waals surface area (Å²) in [7, 11) is 0. The monoisotopic (exact) mass is 350 g/mol. The largest absolute Gasteiger partial charge is 0.113 e. The number of hydrogen-bond donors (Lipinski definition) is 0. The lowest BCUT2D eigenvalue weighted by Crippen LogP contribution is -2.00. The van der Waals surface area contributed by atoms with Crippen molar-refractivity contribution in [3.8, 4) is 0 Å². The zero-order chi connectivity index (χ0) is 14.7. The molecule has 0 saturated carbocycles. The fourth-order valence-electron chi connectivity index (χ4n) is 2.37. The molecular formula is C18H20BrCl. The SMILES string of the molecule is CCc1ccc(CC)c(C(Cl)c2ccc(C)c(Br)c2)c1. The molecule has 0 aliphatic heterocycles. The Labute approximate surface area is 135 Å². The zero-order valence-electron chi connectivity index (χ0n) is 12.2. The Morgan fingerprint density at radius 1 is 1.05 bits per heavy atom. The predicted octanol–water partition coefficient (Wildman–Crippen LogP) is 6.21. The second kappa shape index (κ2) is 6.78. The van der Waals surface area contributed by atoms with Gasteiger partial charge >= 0.3 is 0 Å². The van der Waals surface area contributed by atoms with Gasteiger partial charge in [-0.2, -0.15) is 0 Å². The zero-order valence-corrected chi connectivity index (χ0v) is 14.6. The third-order valence-electron chi connectivity index (χ3n) is 3.76. The van der Waals surface area contributed by atoms with E-state index in [0.717, 1.165) is 22.9 Å². The molecule has 0 spiro atoms. The molecule has 0 N–H and O–H groups in total. The highest BCUT2D eigenvalue weighted by Crippen LogP contribution is 2.34. The summed E-state index contributed by atoms with van der Waals surface area (Å²) >= 11 is 10.3. The van der Waals surface area contributed by atoms with Crippen molar-refractivity contribution < 1.29 is 0 Å². The summed E-state index contributed by atoms with van der Waals surface area (Å²) in [6.45, 7) is 6.45. The van der Waals surface area contributed by atoms with Gasteiger partial charge in [0.15, 0.2) is 0 Å². The van der Waals surface area contributed by atoms with Crippen LogP contribution in [-0.4, -0.2) is 0 Å². The number of aryl methyl sites for hydroxylation is 3. The molecule has 2 aromatic rings. The summed E-state index contributed by atoms with van der Waals surface area (Å²) in [4.78, 5) is 0. The lowest BCUT2D eigenvalue weighted by atomic mass is 9.94. The van der Waals surface area contributed by atoms with Crippen LogP contribution in [0.15, 0.2) is 40.9 Å². The average molecular weight is 352 g/mol. The molecule has 0 fully saturated rings. The lowest BCUT2D eigenvalue weighted by molar-refractivity contribution is 1.02. The van der Waals surface area contributed by atoms with Gasteiger partial charge < -0.3 is 0 Å². The van der Waals surface area contributed by atoms with E-state index < -0.39 is 0 Å². The first kappa shape index (κ1) is 15.6. The Hall–Kier alpha value is -0.790. The first-order valence-electron chi connectivity index (χ1n) is 7.08. The maximum absolute atomic E-state index is 6.75. The van der Waals surface area contributed by atoms with Crippen molar-refractivity contribution >= 4 is 27.5 Å². The molecule has 20 heavy (non-hydrogen) atoms. The summed E-state index contributed by atoms with van der Waals surface area (Å²) in [5.41, 5.74) is 6.29. The van der Waals surface area contributed by atoms with E-state index in [2.05, 4.69) is 73.1 Å². The molecule has 0 heterocycles. The molecule has 0 aliphatic carbocycles. The van der Waals surface area contributed by atoms with Crippen LogP contribution in [0, 0.1) is 6.92 Å². The van der Waals surface area contributed by atoms with Gasteiger partial charge in [0.25, 0.3) is 0 Å². The molecule has 0 nitrogen and oxygen atoms in total. The Bertz CT molecular complexity index is 604. The van der Waals surface area contributed by atoms with Gasteiger partial charge in [-0.25, -0.2) is 0 Å². The average Bonchev–Trinajstić information content (AvgIpc) is 2.48. The van der Waals surface area contributed by atoms with E-state index in [0.29, 0.717) is 0 Å². The van der Waals surface area contributed by atoms with Crippen LogP contribution in [0.5, 0.6) is 0 Å². The van der Waals surface area contributed by atoms with Gasteiger partial charge in [-0.05, 0) is 53.6 Å². The molecule has 0 bridgehead atoms. The third-order valence-corrected chi connectivity index (χ3v) is 5.10. The first-order valence-corrected chi connectivity index (χ1v) is 8.31. The van der Waals surface area contributed by atoms with Crippen molar-refractivity contribution in [2.24, 2.45) is 0 Å². The minimum atomic E-state index is -0.0895. The third kappa shape index (κ3) is 3.27. The number of rotatable bonds is 4. The van der Waals surface area contributed by atoms with Crippen LogP contribution in [0.4, 0.5) is 0 Å². The van der Waals surface area contributed by atoms with E-state index in [1.165, 1.54) is 22.3 Å². The molecule has 0 saturated heterocycles. The molecule has 0 amide bonds. The summed E-state index contributed by atoms with van der Waals surface area (Å²) < 4.78 is 1.12. The highest BCUT2D eigenvalue weighted by Gasteiger charge is 2.15. The Morgan fingerprint density at radius 2 is 1.80 bits per heavy atom. The molecule has 2 heteroatoms. The molecule has 0 aliphatic rings. The van der Waals surface area contributed by atoms with Crippen LogP contribution in [0.2, 0.25) is 0 Å². The fraction of sp³-hybridized carbons (Fsp3) is 0.333. The second-order valence-corrected chi connectivity index (χ2v) is 6.40. The van der Waals surface area contributed by atoms with Crippen LogP contribution in [0.1, 0.15) is 47.0 Å². The molecule has 106 valence electrons. The van der Waals surface area contributed by atoms with Crippen LogP contribution >= 0.6 is 27.5 Å². The smallest absolute Gasteiger partial charge is 0.0838 e. The van der Waals surface area contributed by atoms with Gasteiger partial charge in [0.2, 0.25) is 0 Å². The van der Waals surface area contributed by atoms with Gasteiger partial charge in [0, 0.05) is 4.47 Å². The highest BCUT2D eigenvalue weighted by atomic mass is 79.9. The summed E-state index contributed by atoms with van der Waals surface area (Å²) in [6.07, 6.45) is 2.05. The topological polar surface area (TPSA) is 0 Å². The van der Waals surface area contributed by atoms with E-state index in [1.54, 1.807) is 0 Å². The second-order valence-electron chi connectivity index (χ2n) is 5.11. The Balaban J connectivity index is 2.45. The molecule has 1 atom stereocenters. The summed E-state index contributed by atoms with van der Waals surface area (Å²) in [6, 6.07) is 13.0. The first-order chi connectivity index (χ1) is 9.56. The number of alkyl halides is 1. The maximum Gasteiger partial charge on any atom is 0.0838 e. The maximum atomic E-state index is 6.75. The van der Waals surface area contributed by atoms with Crippen molar-refractivity contribution in [3.05, 3.63) is 68.7 Å². The highest BCUT2D eigenvalue weighted by molar-refractivity contribution is 9.10. The van der Waals surface area contributed by atoms with E-state index in [4.69, 9.17) is 11.6 Å². The lowest BCUT2D eigenvalue weighted by Gasteiger charge is -2.17. The summed E-state index contributed by atoms with van der Waals surface area (Å²) in [5.74, 6) is 0. The number of hydrogen-bond acceptors (Lipinski definition) is 0. The van der Waals surface area contributed by atoms with Crippen molar-refractivity contribution in [1.29, 1.82) is 0 Å². The van der Waals surface area contributed by atoms with Crippen molar-refractivity contribution in [1.82, 2.24) is 0 Å². The van der Waals surface area contributed by atoms with Gasteiger partial charge in [0.05, 0.1) is 5.38 Å². The summed E-state index contributed by atoms with van der Waals surface area (Å²) in [5, 5.41) is -0.0895. The van der Waals surface area contributed by atoms with Gasteiger partial charge in [-0.15, -0.1) is 11.6 Å². The molecule has 2 rings (SSSR count). The van der Waals surface area contributed by atoms with Crippen molar-refractivity contribution in [3.63, 3.8) is 0 Å². The minimum Gasteiger partial charge on any atom is -0.113 e. The fourth-order valence-corrected chi connectivity index (χ4v) is 3.10. The van der Waals surface area contributed by atoms with Crippen LogP contribution < -0.4 is 0 Å². The quantitative estimate of drug-likeness (QED) is 0.574. The van der Waals surface area contributed by atoms with E-state index in [1.807, 2.05) is 0 Å². The minimum absolute atomic E-state index is 0.0895.